The van der Waals surface area contributed by atoms with Crippen LogP contribution in [0.25, 0.3) is 21.9 Å². The van der Waals surface area contributed by atoms with Crippen molar-refractivity contribution in [3.63, 3.8) is 0 Å². The van der Waals surface area contributed by atoms with Crippen molar-refractivity contribution < 1.29 is 50.0 Å². The summed E-state index contributed by atoms with van der Waals surface area (Å²) in [5.41, 5.74) is -1.66. The minimum absolute atomic E-state index is 0.123. The summed E-state index contributed by atoms with van der Waals surface area (Å²) in [5, 5.41) is 79.4. The van der Waals surface area contributed by atoms with E-state index in [0.717, 1.165) is 18.2 Å². The van der Waals surface area contributed by atoms with E-state index in [9.17, 15) is 45.6 Å². The van der Waals surface area contributed by atoms with Gasteiger partial charge in [0.15, 0.2) is 11.5 Å². The molecule has 1 aliphatic rings. The molecule has 0 amide bonds. The summed E-state index contributed by atoms with van der Waals surface area (Å²) in [7, 11) is 0. The quantitative estimate of drug-likeness (QED) is 0.191. The van der Waals surface area contributed by atoms with Gasteiger partial charge in [-0.05, 0) is 6.07 Å². The van der Waals surface area contributed by atoms with Crippen molar-refractivity contribution in [2.75, 3.05) is 6.61 Å². The number of aliphatic hydroxyl groups excluding tert-OH is 4. The Kier molecular flexibility index (Phi) is 4.71. The highest BCUT2D eigenvalue weighted by Crippen LogP contribution is 2.45. The van der Waals surface area contributed by atoms with Gasteiger partial charge >= 0.3 is 0 Å². The Morgan fingerprint density at radius 3 is 2.13 bits per heavy atom. The van der Waals surface area contributed by atoms with Gasteiger partial charge in [-0.3, -0.25) is 4.79 Å². The van der Waals surface area contributed by atoms with E-state index in [2.05, 4.69) is 0 Å². The van der Waals surface area contributed by atoms with Crippen LogP contribution in [-0.4, -0.2) is 71.9 Å². The molecule has 8 N–H and O–H groups in total. The summed E-state index contributed by atoms with van der Waals surface area (Å²) < 4.78 is 10.8. The van der Waals surface area contributed by atoms with Gasteiger partial charge < -0.3 is 50.0 Å². The predicted molar refractivity (Wildman–Crippen MR) is 99.4 cm³/mol. The molecule has 3 aromatic rings. The SMILES string of the molecule is O=c1c2cc(O)c(O)cc2oc2cc(O)c(C3OC(CO)[C@H](O)C(O)C3O)c(O)c12. The molecule has 1 saturated heterocycles. The lowest BCUT2D eigenvalue weighted by Gasteiger charge is -2.40. The van der Waals surface area contributed by atoms with Crippen molar-refractivity contribution in [3.05, 3.63) is 34.0 Å². The molecule has 0 spiro atoms. The number of benzene rings is 2. The molecule has 5 atom stereocenters. The van der Waals surface area contributed by atoms with Crippen LogP contribution in [0.1, 0.15) is 11.7 Å². The number of aromatic hydroxyl groups is 4. The van der Waals surface area contributed by atoms with E-state index in [0.29, 0.717) is 0 Å². The Bertz CT molecular complexity index is 1200. The molecule has 1 fully saturated rings. The summed E-state index contributed by atoms with van der Waals surface area (Å²) in [5.74, 6) is -2.62. The van der Waals surface area contributed by atoms with Crippen LogP contribution >= 0.6 is 0 Å². The minimum Gasteiger partial charge on any atom is -0.507 e. The third kappa shape index (κ3) is 2.83. The first kappa shape index (κ1) is 20.2. The second-order valence-electron chi connectivity index (χ2n) is 7.05. The summed E-state index contributed by atoms with van der Waals surface area (Å²) in [6, 6.07) is 2.90. The average Bonchev–Trinajstić information content (AvgIpc) is 2.69. The van der Waals surface area contributed by atoms with Crippen LogP contribution in [0, 0.1) is 0 Å². The number of aliphatic hydroxyl groups is 4. The molecule has 0 radical (unpaired) electrons. The molecule has 0 bridgehead atoms. The lowest BCUT2D eigenvalue weighted by Crippen LogP contribution is -2.55. The van der Waals surface area contributed by atoms with E-state index >= 15 is 0 Å². The first-order valence-corrected chi connectivity index (χ1v) is 8.83. The van der Waals surface area contributed by atoms with Gasteiger partial charge in [0, 0.05) is 12.1 Å². The fourth-order valence-electron chi connectivity index (χ4n) is 3.64. The van der Waals surface area contributed by atoms with Crippen LogP contribution in [0.3, 0.4) is 0 Å². The zero-order valence-electron chi connectivity index (χ0n) is 15.1. The highest BCUT2D eigenvalue weighted by Gasteiger charge is 2.46. The normalized spacial score (nSPS) is 27.0. The third-order valence-corrected chi connectivity index (χ3v) is 5.23. The predicted octanol–water partition coefficient (Wildman–Crippen LogP) is -0.717. The van der Waals surface area contributed by atoms with E-state index in [1.54, 1.807) is 0 Å². The smallest absolute Gasteiger partial charge is 0.204 e. The van der Waals surface area contributed by atoms with Gasteiger partial charge in [-0.15, -0.1) is 0 Å². The van der Waals surface area contributed by atoms with E-state index in [1.807, 2.05) is 0 Å². The lowest BCUT2D eigenvalue weighted by atomic mass is 9.89. The van der Waals surface area contributed by atoms with Gasteiger partial charge in [-0.2, -0.15) is 0 Å². The highest BCUT2D eigenvalue weighted by atomic mass is 16.5. The summed E-state index contributed by atoms with van der Waals surface area (Å²) in [6.07, 6.45) is -8.16. The summed E-state index contributed by atoms with van der Waals surface area (Å²) in [6.45, 7) is -0.730. The molecular weight excluding hydrogens is 404 g/mol. The second kappa shape index (κ2) is 7.00. The fourth-order valence-corrected chi connectivity index (χ4v) is 3.64. The number of hydrogen-bond acceptors (Lipinski definition) is 11. The van der Waals surface area contributed by atoms with Crippen LogP contribution in [0.15, 0.2) is 27.4 Å². The summed E-state index contributed by atoms with van der Waals surface area (Å²) in [4.78, 5) is 12.9. The maximum atomic E-state index is 12.9. The van der Waals surface area contributed by atoms with Crippen LogP contribution in [-0.2, 0) is 4.74 Å². The van der Waals surface area contributed by atoms with E-state index in [4.69, 9.17) is 9.15 Å². The molecule has 1 aromatic heterocycles. The molecule has 4 unspecified atom stereocenters. The molecule has 30 heavy (non-hydrogen) atoms. The molecule has 1 aliphatic heterocycles. The first-order chi connectivity index (χ1) is 14.1. The van der Waals surface area contributed by atoms with Gasteiger partial charge in [-0.1, -0.05) is 0 Å². The van der Waals surface area contributed by atoms with Crippen LogP contribution in [0.5, 0.6) is 23.0 Å². The number of rotatable bonds is 2. The minimum atomic E-state index is -1.81. The molecular formula is C19H18O11. The fraction of sp³-hybridized carbons (Fsp3) is 0.316. The number of phenolic OH excluding ortho intramolecular Hbond substituents is 4. The Labute approximate surface area is 166 Å². The Hall–Kier alpha value is -3.09. The first-order valence-electron chi connectivity index (χ1n) is 8.83. The van der Waals surface area contributed by atoms with Crippen molar-refractivity contribution in [2.45, 2.75) is 30.5 Å². The molecule has 2 heterocycles. The summed E-state index contributed by atoms with van der Waals surface area (Å²) >= 11 is 0. The van der Waals surface area contributed by atoms with Gasteiger partial charge in [0.05, 0.1) is 17.6 Å². The highest BCUT2D eigenvalue weighted by molar-refractivity contribution is 5.96. The van der Waals surface area contributed by atoms with Crippen molar-refractivity contribution in [1.82, 2.24) is 0 Å². The van der Waals surface area contributed by atoms with Crippen molar-refractivity contribution in [1.29, 1.82) is 0 Å². The van der Waals surface area contributed by atoms with Gasteiger partial charge in [-0.25, -0.2) is 0 Å². The van der Waals surface area contributed by atoms with Crippen molar-refractivity contribution >= 4 is 21.9 Å². The average molecular weight is 422 g/mol. The maximum absolute atomic E-state index is 12.9. The lowest BCUT2D eigenvalue weighted by molar-refractivity contribution is -0.232. The van der Waals surface area contributed by atoms with Crippen molar-refractivity contribution in [2.24, 2.45) is 0 Å². The van der Waals surface area contributed by atoms with Crippen LogP contribution in [0.4, 0.5) is 0 Å². The van der Waals surface area contributed by atoms with Gasteiger partial charge in [0.25, 0.3) is 0 Å². The van der Waals surface area contributed by atoms with E-state index in [1.165, 1.54) is 0 Å². The number of phenols is 4. The number of fused-ring (bicyclic) bond motifs is 2. The molecule has 2 aromatic carbocycles. The zero-order chi connectivity index (χ0) is 21.9. The number of ether oxygens (including phenoxy) is 1. The zero-order valence-corrected chi connectivity index (χ0v) is 15.1. The largest absolute Gasteiger partial charge is 0.507 e. The van der Waals surface area contributed by atoms with E-state index in [-0.39, 0.29) is 16.6 Å². The van der Waals surface area contributed by atoms with Gasteiger partial charge in [0.2, 0.25) is 5.43 Å². The topological polar surface area (TPSA) is 201 Å². The monoisotopic (exact) mass is 422 g/mol. The molecule has 160 valence electrons. The van der Waals surface area contributed by atoms with Crippen LogP contribution < -0.4 is 5.43 Å². The van der Waals surface area contributed by atoms with Crippen molar-refractivity contribution in [3.8, 4) is 23.0 Å². The van der Waals surface area contributed by atoms with Crippen LogP contribution in [0.2, 0.25) is 0 Å². The molecule has 11 heteroatoms. The standard InChI is InChI=1S/C19H18O11/c20-4-11-15(25)17(27)18(28)19(30-11)12-8(23)3-10-13(16(12)26)14(24)5-1-6(21)7(22)2-9(5)29-10/h1-3,11,15,17-23,25-28H,4H2/t11?,15-,17?,18?,19?/m0/s1. The Morgan fingerprint density at radius 2 is 1.47 bits per heavy atom. The Morgan fingerprint density at radius 1 is 0.833 bits per heavy atom. The Balaban J connectivity index is 1.98. The van der Waals surface area contributed by atoms with Gasteiger partial charge in [0.1, 0.15) is 58.6 Å². The van der Waals surface area contributed by atoms with E-state index < -0.39 is 76.5 Å². The molecule has 11 nitrogen and oxygen atoms in total. The molecule has 4 rings (SSSR count). The third-order valence-electron chi connectivity index (χ3n) is 5.23. The molecule has 0 saturated carbocycles. The second-order valence-corrected chi connectivity index (χ2v) is 7.05. The molecule has 0 aliphatic carbocycles. The number of hydrogen-bond donors (Lipinski definition) is 8. The maximum Gasteiger partial charge on any atom is 0.204 e.